The third-order valence-corrected chi connectivity index (χ3v) is 2.85. The molecule has 1 heterocycles. The molecule has 86 valence electrons. The van der Waals surface area contributed by atoms with Crippen molar-refractivity contribution in [1.29, 1.82) is 0 Å². The van der Waals surface area contributed by atoms with Crippen molar-refractivity contribution in [3.05, 3.63) is 29.6 Å². The summed E-state index contributed by atoms with van der Waals surface area (Å²) in [4.78, 5) is 12.3. The first-order valence-corrected chi connectivity index (χ1v) is 5.38. The van der Waals surface area contributed by atoms with E-state index in [1.165, 1.54) is 6.07 Å². The van der Waals surface area contributed by atoms with Gasteiger partial charge in [0.05, 0.1) is 11.8 Å². The minimum Gasteiger partial charge on any atom is -0.391 e. The fourth-order valence-electron chi connectivity index (χ4n) is 2.03. The van der Waals surface area contributed by atoms with Crippen molar-refractivity contribution in [2.45, 2.75) is 18.9 Å². The molecule has 1 atom stereocenters. The minimum atomic E-state index is -0.404. The molecule has 0 bridgehead atoms. The molecular weight excluding hydrogens is 209 g/mol. The first kappa shape index (κ1) is 11.1. The number of aliphatic hydroxyl groups is 1. The number of aldehydes is 1. The van der Waals surface area contributed by atoms with Gasteiger partial charge < -0.3 is 10.0 Å². The zero-order chi connectivity index (χ0) is 11.5. The first-order valence-electron chi connectivity index (χ1n) is 5.38. The Hall–Kier alpha value is -1.42. The average Bonchev–Trinajstić information content (AvgIpc) is 2.28. The second-order valence-electron chi connectivity index (χ2n) is 4.07. The molecule has 1 saturated heterocycles. The van der Waals surface area contributed by atoms with Crippen molar-refractivity contribution >= 4 is 12.0 Å². The van der Waals surface area contributed by atoms with Gasteiger partial charge in [0.15, 0.2) is 0 Å². The van der Waals surface area contributed by atoms with Gasteiger partial charge in [0, 0.05) is 18.7 Å². The maximum Gasteiger partial charge on any atom is 0.150 e. The van der Waals surface area contributed by atoms with Crippen LogP contribution in [-0.4, -0.2) is 30.6 Å². The molecule has 1 aliphatic heterocycles. The lowest BCUT2D eigenvalue weighted by Crippen LogP contribution is -2.38. The van der Waals surface area contributed by atoms with E-state index in [9.17, 15) is 14.3 Å². The molecule has 0 saturated carbocycles. The number of aliphatic hydroxyl groups excluding tert-OH is 1. The molecule has 0 aromatic heterocycles. The number of halogens is 1. The van der Waals surface area contributed by atoms with Crippen LogP contribution in [-0.2, 0) is 0 Å². The summed E-state index contributed by atoms with van der Waals surface area (Å²) >= 11 is 0. The quantitative estimate of drug-likeness (QED) is 0.774. The van der Waals surface area contributed by atoms with Crippen molar-refractivity contribution in [2.24, 2.45) is 0 Å². The molecule has 1 N–H and O–H groups in total. The Morgan fingerprint density at radius 3 is 2.94 bits per heavy atom. The summed E-state index contributed by atoms with van der Waals surface area (Å²) in [6.07, 6.45) is 1.86. The third-order valence-electron chi connectivity index (χ3n) is 2.85. The van der Waals surface area contributed by atoms with Crippen LogP contribution in [0.1, 0.15) is 23.2 Å². The highest BCUT2D eigenvalue weighted by atomic mass is 19.1. The molecule has 1 unspecified atom stereocenters. The van der Waals surface area contributed by atoms with Crippen molar-refractivity contribution in [3.8, 4) is 0 Å². The number of rotatable bonds is 2. The van der Waals surface area contributed by atoms with E-state index in [0.717, 1.165) is 19.4 Å². The van der Waals surface area contributed by atoms with E-state index in [1.807, 2.05) is 4.90 Å². The van der Waals surface area contributed by atoms with Gasteiger partial charge in [-0.25, -0.2) is 4.39 Å². The van der Waals surface area contributed by atoms with Crippen LogP contribution in [0.3, 0.4) is 0 Å². The normalized spacial score (nSPS) is 20.9. The lowest BCUT2D eigenvalue weighted by molar-refractivity contribution is 0.112. The van der Waals surface area contributed by atoms with Gasteiger partial charge in [-0.2, -0.15) is 0 Å². The highest BCUT2D eigenvalue weighted by molar-refractivity contribution is 5.76. The Labute approximate surface area is 93.5 Å². The standard InChI is InChI=1S/C12H14FNO2/c13-11-6-9(8-15)3-4-12(11)14-5-1-2-10(16)7-14/h3-4,6,8,10,16H,1-2,5,7H2. The molecule has 0 aliphatic carbocycles. The smallest absolute Gasteiger partial charge is 0.150 e. The van der Waals surface area contributed by atoms with Gasteiger partial charge in [0.25, 0.3) is 0 Å². The molecule has 1 aromatic rings. The number of β-amino-alcohol motifs (C(OH)–C–C–N with tert-alkyl or cyclic N) is 1. The first-order chi connectivity index (χ1) is 7.70. The number of carbonyl (C=O) groups excluding carboxylic acids is 1. The molecule has 1 aliphatic rings. The lowest BCUT2D eigenvalue weighted by Gasteiger charge is -2.32. The molecular formula is C12H14FNO2. The van der Waals surface area contributed by atoms with Crippen LogP contribution >= 0.6 is 0 Å². The second-order valence-corrected chi connectivity index (χ2v) is 4.07. The highest BCUT2D eigenvalue weighted by Gasteiger charge is 2.20. The van der Waals surface area contributed by atoms with Gasteiger partial charge >= 0.3 is 0 Å². The van der Waals surface area contributed by atoms with Gasteiger partial charge in [-0.1, -0.05) is 0 Å². The lowest BCUT2D eigenvalue weighted by atomic mass is 10.1. The summed E-state index contributed by atoms with van der Waals surface area (Å²) in [5, 5.41) is 9.51. The molecule has 0 radical (unpaired) electrons. The number of piperidine rings is 1. The van der Waals surface area contributed by atoms with E-state index in [2.05, 4.69) is 0 Å². The molecule has 0 spiro atoms. The predicted octanol–water partition coefficient (Wildman–Crippen LogP) is 1.60. The minimum absolute atomic E-state index is 0.332. The number of nitrogens with zero attached hydrogens (tertiary/aromatic N) is 1. The van der Waals surface area contributed by atoms with Crippen LogP contribution < -0.4 is 4.90 Å². The van der Waals surface area contributed by atoms with E-state index >= 15 is 0 Å². The Morgan fingerprint density at radius 2 is 2.31 bits per heavy atom. The van der Waals surface area contributed by atoms with Gasteiger partial charge in [0.2, 0.25) is 0 Å². The largest absolute Gasteiger partial charge is 0.391 e. The van der Waals surface area contributed by atoms with E-state index in [4.69, 9.17) is 0 Å². The van der Waals surface area contributed by atoms with E-state index in [0.29, 0.717) is 24.1 Å². The second kappa shape index (κ2) is 4.61. The molecule has 16 heavy (non-hydrogen) atoms. The number of hydrogen-bond acceptors (Lipinski definition) is 3. The summed E-state index contributed by atoms with van der Waals surface area (Å²) in [5.41, 5.74) is 0.795. The molecule has 1 fully saturated rings. The number of carbonyl (C=O) groups is 1. The predicted molar refractivity (Wildman–Crippen MR) is 59.2 cm³/mol. The topological polar surface area (TPSA) is 40.5 Å². The molecule has 3 nitrogen and oxygen atoms in total. The highest BCUT2D eigenvalue weighted by Crippen LogP contribution is 2.23. The maximum absolute atomic E-state index is 13.7. The monoisotopic (exact) mass is 223 g/mol. The average molecular weight is 223 g/mol. The Bertz CT molecular complexity index is 395. The number of anilines is 1. The molecule has 4 heteroatoms. The van der Waals surface area contributed by atoms with Gasteiger partial charge in [-0.05, 0) is 31.0 Å². The maximum atomic E-state index is 13.7. The van der Waals surface area contributed by atoms with Gasteiger partial charge in [-0.15, -0.1) is 0 Å². The van der Waals surface area contributed by atoms with E-state index < -0.39 is 5.82 Å². The Morgan fingerprint density at radius 1 is 1.50 bits per heavy atom. The Balaban J connectivity index is 2.22. The van der Waals surface area contributed by atoms with Crippen LogP contribution in [0.5, 0.6) is 0 Å². The van der Waals surface area contributed by atoms with Crippen LogP contribution in [0.4, 0.5) is 10.1 Å². The van der Waals surface area contributed by atoms with Gasteiger partial charge in [-0.3, -0.25) is 4.79 Å². The number of hydrogen-bond donors (Lipinski definition) is 1. The molecule has 1 aromatic carbocycles. The van der Waals surface area contributed by atoms with Crippen LogP contribution in [0.2, 0.25) is 0 Å². The molecule has 2 rings (SSSR count). The summed E-state index contributed by atoms with van der Waals surface area (Å²) < 4.78 is 13.7. The fraction of sp³-hybridized carbons (Fsp3) is 0.417. The van der Waals surface area contributed by atoms with Crippen molar-refractivity contribution in [2.75, 3.05) is 18.0 Å². The van der Waals surface area contributed by atoms with Crippen molar-refractivity contribution < 1.29 is 14.3 Å². The zero-order valence-electron chi connectivity index (χ0n) is 8.90. The summed E-state index contributed by atoms with van der Waals surface area (Å²) in [5.74, 6) is -0.404. The summed E-state index contributed by atoms with van der Waals surface area (Å²) in [6, 6.07) is 4.41. The summed E-state index contributed by atoms with van der Waals surface area (Å²) in [7, 11) is 0. The molecule has 0 amide bonds. The van der Waals surface area contributed by atoms with Gasteiger partial charge in [0.1, 0.15) is 12.1 Å². The van der Waals surface area contributed by atoms with E-state index in [1.54, 1.807) is 12.1 Å². The summed E-state index contributed by atoms with van der Waals surface area (Å²) in [6.45, 7) is 1.20. The van der Waals surface area contributed by atoms with Crippen molar-refractivity contribution in [3.63, 3.8) is 0 Å². The third kappa shape index (κ3) is 2.22. The van der Waals surface area contributed by atoms with Crippen LogP contribution in [0, 0.1) is 5.82 Å². The SMILES string of the molecule is O=Cc1ccc(N2CCCC(O)C2)c(F)c1. The number of benzene rings is 1. The van der Waals surface area contributed by atoms with Crippen LogP contribution in [0.15, 0.2) is 18.2 Å². The zero-order valence-corrected chi connectivity index (χ0v) is 8.90. The van der Waals surface area contributed by atoms with Crippen molar-refractivity contribution in [1.82, 2.24) is 0 Å². The fourth-order valence-corrected chi connectivity index (χ4v) is 2.03. The van der Waals surface area contributed by atoms with Crippen LogP contribution in [0.25, 0.3) is 0 Å². The Kier molecular flexibility index (Phi) is 3.19. The van der Waals surface area contributed by atoms with E-state index in [-0.39, 0.29) is 6.10 Å².